The predicted molar refractivity (Wildman–Crippen MR) is 115 cm³/mol. The molecule has 0 saturated carbocycles. The van der Waals surface area contributed by atoms with Gasteiger partial charge in [0.1, 0.15) is 4.90 Å². The molecule has 1 aliphatic rings. The highest BCUT2D eigenvalue weighted by atomic mass is 32.2. The van der Waals surface area contributed by atoms with Crippen LogP contribution in [0.5, 0.6) is 11.5 Å². The Balaban J connectivity index is 1.61. The van der Waals surface area contributed by atoms with Crippen molar-refractivity contribution in [2.24, 2.45) is 0 Å². The lowest BCUT2D eigenvalue weighted by Gasteiger charge is -2.22. The van der Waals surface area contributed by atoms with Crippen LogP contribution in [0.15, 0.2) is 23.1 Å². The van der Waals surface area contributed by atoms with Gasteiger partial charge in [0.2, 0.25) is 10.0 Å². The van der Waals surface area contributed by atoms with E-state index in [0.29, 0.717) is 55.5 Å². The highest BCUT2D eigenvalue weighted by Gasteiger charge is 2.31. The molecular weight excluding hydrogens is 422 g/mol. The topological polar surface area (TPSA) is 117 Å². The molecule has 1 fully saturated rings. The molecule has 0 radical (unpaired) electrons. The van der Waals surface area contributed by atoms with Gasteiger partial charge in [-0.05, 0) is 38.0 Å². The van der Waals surface area contributed by atoms with Crippen molar-refractivity contribution in [2.75, 3.05) is 40.4 Å². The van der Waals surface area contributed by atoms with E-state index in [2.05, 4.69) is 15.5 Å². The number of carbonyl (C=O) groups excluding carboxylic acids is 1. The number of hydrogen-bond acceptors (Lipinski definition) is 6. The zero-order chi connectivity index (χ0) is 22.6. The summed E-state index contributed by atoms with van der Waals surface area (Å²) in [6, 6.07) is 5.22. The Kier molecular flexibility index (Phi) is 7.06. The van der Waals surface area contributed by atoms with Gasteiger partial charge in [-0.3, -0.25) is 5.10 Å². The van der Waals surface area contributed by atoms with Crippen LogP contribution in [0.4, 0.5) is 4.79 Å². The van der Waals surface area contributed by atoms with Crippen molar-refractivity contribution in [3.63, 3.8) is 0 Å². The number of H-pyrrole nitrogens is 1. The molecule has 2 amide bonds. The predicted octanol–water partition coefficient (Wildman–Crippen LogP) is 1.65. The highest BCUT2D eigenvalue weighted by Crippen LogP contribution is 2.27. The third-order valence-electron chi connectivity index (χ3n) is 5.29. The van der Waals surface area contributed by atoms with Crippen molar-refractivity contribution in [3.8, 4) is 11.5 Å². The first-order chi connectivity index (χ1) is 14.8. The minimum Gasteiger partial charge on any atom is -0.493 e. The van der Waals surface area contributed by atoms with E-state index >= 15 is 0 Å². The van der Waals surface area contributed by atoms with Gasteiger partial charge in [0.15, 0.2) is 11.5 Å². The molecule has 1 aromatic carbocycles. The molecule has 170 valence electrons. The Labute approximate surface area is 182 Å². The second kappa shape index (κ2) is 9.56. The van der Waals surface area contributed by atoms with E-state index in [1.165, 1.54) is 4.31 Å². The van der Waals surface area contributed by atoms with Crippen LogP contribution in [0.25, 0.3) is 0 Å². The summed E-state index contributed by atoms with van der Waals surface area (Å²) >= 11 is 0. The maximum atomic E-state index is 13.1. The number of ether oxygens (including phenoxy) is 2. The smallest absolute Gasteiger partial charge is 0.317 e. The Morgan fingerprint density at radius 3 is 2.52 bits per heavy atom. The number of nitrogens with one attached hydrogen (secondary N) is 2. The van der Waals surface area contributed by atoms with Gasteiger partial charge in [0, 0.05) is 32.7 Å². The van der Waals surface area contributed by atoms with Gasteiger partial charge >= 0.3 is 6.03 Å². The van der Waals surface area contributed by atoms with E-state index in [0.717, 1.165) is 5.56 Å². The summed E-state index contributed by atoms with van der Waals surface area (Å²) in [5, 5.41) is 9.62. The van der Waals surface area contributed by atoms with E-state index in [1.54, 1.807) is 39.0 Å². The third kappa shape index (κ3) is 4.93. The van der Waals surface area contributed by atoms with Crippen LogP contribution in [0.2, 0.25) is 0 Å². The fourth-order valence-corrected chi connectivity index (χ4v) is 5.47. The van der Waals surface area contributed by atoms with Crippen LogP contribution in [-0.4, -0.2) is 74.3 Å². The zero-order valence-corrected chi connectivity index (χ0v) is 19.1. The van der Waals surface area contributed by atoms with Crippen LogP contribution in [-0.2, 0) is 16.6 Å². The van der Waals surface area contributed by atoms with Crippen LogP contribution >= 0.6 is 0 Å². The Morgan fingerprint density at radius 2 is 1.87 bits per heavy atom. The number of urea groups is 1. The van der Waals surface area contributed by atoms with Crippen molar-refractivity contribution in [1.29, 1.82) is 0 Å². The van der Waals surface area contributed by atoms with E-state index in [-0.39, 0.29) is 17.5 Å². The molecule has 2 heterocycles. The van der Waals surface area contributed by atoms with Crippen LogP contribution in [0.1, 0.15) is 23.4 Å². The molecule has 31 heavy (non-hydrogen) atoms. The molecule has 0 aliphatic carbocycles. The number of methoxy groups -OCH3 is 2. The maximum Gasteiger partial charge on any atom is 0.317 e. The summed E-state index contributed by atoms with van der Waals surface area (Å²) in [6.07, 6.45) is 0.555. The lowest BCUT2D eigenvalue weighted by molar-refractivity contribution is 0.200. The number of aromatic amines is 1. The quantitative estimate of drug-likeness (QED) is 0.690. The van der Waals surface area contributed by atoms with Gasteiger partial charge in [-0.25, -0.2) is 13.2 Å². The SMILES string of the molecule is COc1ccc(CNC(=O)N2CCCN(S(=O)(=O)c3c(C)n[nH]c3C)CC2)cc1OC. The van der Waals surface area contributed by atoms with Crippen molar-refractivity contribution in [1.82, 2.24) is 24.7 Å². The zero-order valence-electron chi connectivity index (χ0n) is 18.3. The van der Waals surface area contributed by atoms with Crippen LogP contribution < -0.4 is 14.8 Å². The van der Waals surface area contributed by atoms with Gasteiger partial charge in [-0.1, -0.05) is 6.07 Å². The molecule has 10 nitrogen and oxygen atoms in total. The van der Waals surface area contributed by atoms with E-state index < -0.39 is 10.0 Å². The average molecular weight is 452 g/mol. The van der Waals surface area contributed by atoms with Gasteiger partial charge in [0.05, 0.1) is 25.6 Å². The molecule has 0 bridgehead atoms. The molecule has 3 rings (SSSR count). The Hall–Kier alpha value is -2.79. The first-order valence-corrected chi connectivity index (χ1v) is 11.5. The normalized spacial score (nSPS) is 15.4. The monoisotopic (exact) mass is 451 g/mol. The molecule has 2 N–H and O–H groups in total. The number of aryl methyl sites for hydroxylation is 2. The fraction of sp³-hybridized carbons (Fsp3) is 0.500. The van der Waals surface area contributed by atoms with Crippen molar-refractivity contribution in [2.45, 2.75) is 31.7 Å². The van der Waals surface area contributed by atoms with E-state index in [4.69, 9.17) is 9.47 Å². The second-order valence-corrected chi connectivity index (χ2v) is 9.23. The number of nitrogens with zero attached hydrogens (tertiary/aromatic N) is 3. The molecule has 11 heteroatoms. The van der Waals surface area contributed by atoms with Gasteiger partial charge in [-0.15, -0.1) is 0 Å². The number of aromatic nitrogens is 2. The molecule has 2 aromatic rings. The Bertz CT molecular complexity index is 1020. The maximum absolute atomic E-state index is 13.1. The van der Waals surface area contributed by atoms with Crippen LogP contribution in [0.3, 0.4) is 0 Å². The molecule has 0 atom stereocenters. The third-order valence-corrected chi connectivity index (χ3v) is 7.45. The van der Waals surface area contributed by atoms with E-state index in [9.17, 15) is 13.2 Å². The minimum atomic E-state index is -3.67. The molecule has 0 unspecified atom stereocenters. The van der Waals surface area contributed by atoms with Crippen molar-refractivity contribution < 1.29 is 22.7 Å². The molecule has 0 spiro atoms. The number of amides is 2. The number of rotatable bonds is 6. The highest BCUT2D eigenvalue weighted by molar-refractivity contribution is 7.89. The largest absolute Gasteiger partial charge is 0.493 e. The summed E-state index contributed by atoms with van der Waals surface area (Å²) in [6.45, 7) is 5.06. The van der Waals surface area contributed by atoms with Gasteiger partial charge in [-0.2, -0.15) is 9.40 Å². The molecular formula is C20H29N5O5S. The minimum absolute atomic E-state index is 0.221. The van der Waals surface area contributed by atoms with Gasteiger partial charge in [0.25, 0.3) is 0 Å². The number of sulfonamides is 1. The van der Waals surface area contributed by atoms with E-state index in [1.807, 2.05) is 12.1 Å². The second-order valence-electron chi connectivity index (χ2n) is 7.36. The lowest BCUT2D eigenvalue weighted by atomic mass is 10.2. The Morgan fingerprint density at radius 1 is 1.13 bits per heavy atom. The first-order valence-electron chi connectivity index (χ1n) is 10.0. The molecule has 1 saturated heterocycles. The lowest BCUT2D eigenvalue weighted by Crippen LogP contribution is -2.42. The summed E-state index contributed by atoms with van der Waals surface area (Å²) in [5.74, 6) is 1.21. The number of carbonyl (C=O) groups is 1. The summed E-state index contributed by atoms with van der Waals surface area (Å²) in [7, 11) is -0.541. The van der Waals surface area contributed by atoms with Crippen molar-refractivity contribution in [3.05, 3.63) is 35.2 Å². The van der Waals surface area contributed by atoms with Crippen molar-refractivity contribution >= 4 is 16.1 Å². The summed E-state index contributed by atoms with van der Waals surface area (Å²) in [5.41, 5.74) is 1.84. The standard InChI is InChI=1S/C20H29N5O5S/c1-14-19(15(2)23-22-14)31(27,28)25-9-5-8-24(10-11-25)20(26)21-13-16-6-7-17(29-3)18(12-16)30-4/h6-7,12H,5,8-11,13H2,1-4H3,(H,21,26)(H,22,23). The molecule has 1 aliphatic heterocycles. The summed E-state index contributed by atoms with van der Waals surface area (Å²) < 4.78 is 38.1. The number of benzene rings is 1. The van der Waals surface area contributed by atoms with Crippen LogP contribution in [0, 0.1) is 13.8 Å². The molecule has 1 aromatic heterocycles. The van der Waals surface area contributed by atoms with Gasteiger partial charge < -0.3 is 19.7 Å². The average Bonchev–Trinajstić information content (AvgIpc) is 2.95. The summed E-state index contributed by atoms with van der Waals surface area (Å²) in [4.78, 5) is 14.5. The number of hydrogen-bond donors (Lipinski definition) is 2. The fourth-order valence-electron chi connectivity index (χ4n) is 3.67. The first kappa shape index (κ1) is 22.9.